The minimum Gasteiger partial charge on any atom is -0.486 e. The topological polar surface area (TPSA) is 88.7 Å². The van der Waals surface area contributed by atoms with E-state index in [1.165, 1.54) is 0 Å². The van der Waals surface area contributed by atoms with Crippen LogP contribution in [-0.4, -0.2) is 31.7 Å². The Kier molecular flexibility index (Phi) is 6.03. The predicted molar refractivity (Wildman–Crippen MR) is 107 cm³/mol. The average molecular weight is 383 g/mol. The number of urea groups is 1. The Hall–Kier alpha value is -3.22. The summed E-state index contributed by atoms with van der Waals surface area (Å²) in [6.07, 6.45) is 0. The van der Waals surface area contributed by atoms with E-state index in [0.29, 0.717) is 24.7 Å². The van der Waals surface area contributed by atoms with E-state index in [2.05, 4.69) is 16.0 Å². The van der Waals surface area contributed by atoms with Gasteiger partial charge in [-0.05, 0) is 55.7 Å². The highest BCUT2D eigenvalue weighted by Gasteiger charge is 2.16. The lowest BCUT2D eigenvalue weighted by molar-refractivity contribution is -0.115. The Morgan fingerprint density at radius 3 is 2.61 bits per heavy atom. The fourth-order valence-corrected chi connectivity index (χ4v) is 2.90. The zero-order valence-corrected chi connectivity index (χ0v) is 16.3. The van der Waals surface area contributed by atoms with Gasteiger partial charge in [0, 0.05) is 5.69 Å². The lowest BCUT2D eigenvalue weighted by Crippen LogP contribution is -2.41. The molecular weight excluding hydrogens is 358 g/mol. The van der Waals surface area contributed by atoms with Gasteiger partial charge in [-0.25, -0.2) is 4.79 Å². The average Bonchev–Trinajstić information content (AvgIpc) is 2.69. The van der Waals surface area contributed by atoms with Crippen LogP contribution in [0.2, 0.25) is 0 Å². The van der Waals surface area contributed by atoms with E-state index in [1.807, 2.05) is 57.2 Å². The number of ether oxygens (including phenoxy) is 2. The molecule has 0 fully saturated rings. The third-order valence-corrected chi connectivity index (χ3v) is 4.70. The summed E-state index contributed by atoms with van der Waals surface area (Å²) in [6, 6.07) is 10.6. The van der Waals surface area contributed by atoms with Crippen molar-refractivity contribution in [2.75, 3.05) is 25.1 Å². The van der Waals surface area contributed by atoms with E-state index >= 15 is 0 Å². The van der Waals surface area contributed by atoms with E-state index in [1.54, 1.807) is 0 Å². The van der Waals surface area contributed by atoms with Gasteiger partial charge in [0.2, 0.25) is 5.91 Å². The molecule has 0 saturated heterocycles. The highest BCUT2D eigenvalue weighted by molar-refractivity contribution is 5.95. The number of hydrogen-bond acceptors (Lipinski definition) is 4. The molecule has 148 valence electrons. The zero-order chi connectivity index (χ0) is 20.1. The van der Waals surface area contributed by atoms with Gasteiger partial charge in [0.05, 0.1) is 12.6 Å². The number of aryl methyl sites for hydroxylation is 1. The summed E-state index contributed by atoms with van der Waals surface area (Å²) in [5, 5.41) is 8.21. The van der Waals surface area contributed by atoms with Gasteiger partial charge in [0.1, 0.15) is 13.2 Å². The molecule has 0 aromatic heterocycles. The molecule has 7 nitrogen and oxygen atoms in total. The second-order valence-electron chi connectivity index (χ2n) is 6.75. The molecule has 3 N–H and O–H groups in total. The number of carbonyl (C=O) groups is 2. The van der Waals surface area contributed by atoms with Crippen molar-refractivity contribution >= 4 is 17.6 Å². The first-order chi connectivity index (χ1) is 13.4. The Bertz CT molecular complexity index is 882. The van der Waals surface area contributed by atoms with Crippen molar-refractivity contribution in [3.8, 4) is 11.5 Å². The summed E-state index contributed by atoms with van der Waals surface area (Å²) < 4.78 is 11.1. The zero-order valence-electron chi connectivity index (χ0n) is 16.3. The minimum atomic E-state index is -0.418. The van der Waals surface area contributed by atoms with E-state index < -0.39 is 6.03 Å². The lowest BCUT2D eigenvalue weighted by Gasteiger charge is -2.21. The van der Waals surface area contributed by atoms with Crippen molar-refractivity contribution < 1.29 is 19.1 Å². The van der Waals surface area contributed by atoms with Crippen LogP contribution in [0.25, 0.3) is 0 Å². The molecule has 1 aliphatic rings. The third-order valence-electron chi connectivity index (χ3n) is 4.70. The van der Waals surface area contributed by atoms with Crippen molar-refractivity contribution in [2.45, 2.75) is 26.8 Å². The number of carbonyl (C=O) groups excluding carboxylic acids is 2. The summed E-state index contributed by atoms with van der Waals surface area (Å²) >= 11 is 0. The van der Waals surface area contributed by atoms with Crippen LogP contribution in [0.4, 0.5) is 10.5 Å². The van der Waals surface area contributed by atoms with Crippen molar-refractivity contribution in [3.05, 3.63) is 53.1 Å². The molecule has 28 heavy (non-hydrogen) atoms. The minimum absolute atomic E-state index is 0.118. The number of hydrogen-bond donors (Lipinski definition) is 3. The quantitative estimate of drug-likeness (QED) is 0.740. The predicted octanol–water partition coefficient (Wildman–Crippen LogP) is 3.07. The Morgan fingerprint density at radius 1 is 1.07 bits per heavy atom. The van der Waals surface area contributed by atoms with Gasteiger partial charge in [-0.1, -0.05) is 18.2 Å². The second kappa shape index (κ2) is 8.65. The largest absolute Gasteiger partial charge is 0.486 e. The highest BCUT2D eigenvalue weighted by atomic mass is 16.6. The molecule has 0 spiro atoms. The van der Waals surface area contributed by atoms with Gasteiger partial charge in [-0.15, -0.1) is 0 Å². The van der Waals surface area contributed by atoms with Crippen LogP contribution >= 0.6 is 0 Å². The number of fused-ring (bicyclic) bond motifs is 1. The van der Waals surface area contributed by atoms with E-state index in [0.717, 1.165) is 22.4 Å². The summed E-state index contributed by atoms with van der Waals surface area (Å²) in [5.74, 6) is 1.09. The maximum absolute atomic E-state index is 12.1. The number of anilines is 1. The van der Waals surface area contributed by atoms with Gasteiger partial charge in [-0.3, -0.25) is 4.79 Å². The molecule has 1 atom stereocenters. The number of rotatable bonds is 5. The van der Waals surface area contributed by atoms with Crippen LogP contribution in [0, 0.1) is 13.8 Å². The first-order valence-corrected chi connectivity index (χ1v) is 9.24. The van der Waals surface area contributed by atoms with Gasteiger partial charge in [0.15, 0.2) is 11.5 Å². The standard InChI is InChI=1S/C21H25N3O4/c1-13-5-4-6-17(14(13)2)24-20(25)12-22-21(26)23-15(3)16-7-8-18-19(11-16)28-10-9-27-18/h4-8,11,15H,9-10,12H2,1-3H3,(H,24,25)(H2,22,23,26). The first-order valence-electron chi connectivity index (χ1n) is 9.24. The molecule has 1 aliphatic heterocycles. The van der Waals surface area contributed by atoms with Crippen LogP contribution < -0.4 is 25.4 Å². The fraction of sp³-hybridized carbons (Fsp3) is 0.333. The Labute approximate surface area is 164 Å². The molecule has 3 amide bonds. The van der Waals surface area contributed by atoms with Crippen LogP contribution in [0.15, 0.2) is 36.4 Å². The van der Waals surface area contributed by atoms with Crippen molar-refractivity contribution in [2.24, 2.45) is 0 Å². The molecule has 3 rings (SSSR count). The van der Waals surface area contributed by atoms with E-state index in [-0.39, 0.29) is 18.5 Å². The monoisotopic (exact) mass is 383 g/mol. The molecule has 1 heterocycles. The molecule has 2 aromatic carbocycles. The first kappa shape index (κ1) is 19.5. The van der Waals surface area contributed by atoms with Gasteiger partial charge in [-0.2, -0.15) is 0 Å². The van der Waals surface area contributed by atoms with Crippen LogP contribution in [0.5, 0.6) is 11.5 Å². The fourth-order valence-electron chi connectivity index (χ4n) is 2.90. The number of nitrogens with one attached hydrogen (secondary N) is 3. The molecule has 0 aliphatic carbocycles. The maximum Gasteiger partial charge on any atom is 0.315 e. The molecule has 0 radical (unpaired) electrons. The summed E-state index contributed by atoms with van der Waals surface area (Å²) in [5.41, 5.74) is 3.74. The van der Waals surface area contributed by atoms with E-state index in [9.17, 15) is 9.59 Å². The molecular formula is C21H25N3O4. The van der Waals surface area contributed by atoms with Crippen molar-refractivity contribution in [1.29, 1.82) is 0 Å². The third kappa shape index (κ3) is 4.73. The Morgan fingerprint density at radius 2 is 1.82 bits per heavy atom. The van der Waals surface area contributed by atoms with Gasteiger partial charge < -0.3 is 25.4 Å². The van der Waals surface area contributed by atoms with Crippen molar-refractivity contribution in [3.63, 3.8) is 0 Å². The molecule has 2 aromatic rings. The lowest BCUT2D eigenvalue weighted by atomic mass is 10.1. The Balaban J connectivity index is 1.49. The number of amides is 3. The van der Waals surface area contributed by atoms with Gasteiger partial charge in [0.25, 0.3) is 0 Å². The molecule has 7 heteroatoms. The molecule has 0 bridgehead atoms. The molecule has 0 saturated carbocycles. The summed E-state index contributed by atoms with van der Waals surface area (Å²) in [7, 11) is 0. The highest BCUT2D eigenvalue weighted by Crippen LogP contribution is 2.32. The van der Waals surface area contributed by atoms with Crippen LogP contribution in [-0.2, 0) is 4.79 Å². The SMILES string of the molecule is Cc1cccc(NC(=O)CNC(=O)NC(C)c2ccc3c(c2)OCCO3)c1C. The smallest absolute Gasteiger partial charge is 0.315 e. The van der Waals surface area contributed by atoms with Crippen molar-refractivity contribution in [1.82, 2.24) is 10.6 Å². The van der Waals surface area contributed by atoms with Crippen LogP contribution in [0.3, 0.4) is 0 Å². The normalized spacial score (nSPS) is 13.4. The molecule has 1 unspecified atom stereocenters. The maximum atomic E-state index is 12.1. The van der Waals surface area contributed by atoms with Crippen LogP contribution in [0.1, 0.15) is 29.7 Å². The number of benzene rings is 2. The second-order valence-corrected chi connectivity index (χ2v) is 6.75. The van der Waals surface area contributed by atoms with E-state index in [4.69, 9.17) is 9.47 Å². The summed E-state index contributed by atoms with van der Waals surface area (Å²) in [4.78, 5) is 24.2. The summed E-state index contributed by atoms with van der Waals surface area (Å²) in [6.45, 7) is 6.71. The van der Waals surface area contributed by atoms with Gasteiger partial charge >= 0.3 is 6.03 Å².